The van der Waals surface area contributed by atoms with Crippen molar-refractivity contribution in [2.24, 2.45) is 0 Å². The maximum atomic E-state index is 11.3. The molecular weight excluding hydrogens is 246 g/mol. The summed E-state index contributed by atoms with van der Waals surface area (Å²) in [5.41, 5.74) is 1.41. The van der Waals surface area contributed by atoms with Gasteiger partial charge in [0.2, 0.25) is 0 Å². The summed E-state index contributed by atoms with van der Waals surface area (Å²) in [7, 11) is 3.10. The van der Waals surface area contributed by atoms with Crippen LogP contribution in [-0.2, 0) is 9.47 Å². The van der Waals surface area contributed by atoms with E-state index in [0.29, 0.717) is 23.2 Å². The molecule has 1 unspecified atom stereocenters. The molecule has 0 fully saturated rings. The predicted molar refractivity (Wildman–Crippen MR) is 70.3 cm³/mol. The van der Waals surface area contributed by atoms with Crippen molar-refractivity contribution in [3.05, 3.63) is 41.6 Å². The summed E-state index contributed by atoms with van der Waals surface area (Å²) < 4.78 is 10.3. The average Bonchev–Trinajstić information content (AvgIpc) is 2.43. The van der Waals surface area contributed by atoms with Crippen LogP contribution in [0.1, 0.15) is 22.2 Å². The smallest absolute Gasteiger partial charge is 0.336 e. The number of aromatic carboxylic acids is 1. The summed E-state index contributed by atoms with van der Waals surface area (Å²) in [5.74, 6) is -0.980. The van der Waals surface area contributed by atoms with Gasteiger partial charge < -0.3 is 14.6 Å². The number of carboxylic acids is 1. The quantitative estimate of drug-likeness (QED) is 0.894. The molecule has 0 bridgehead atoms. The van der Waals surface area contributed by atoms with Crippen LogP contribution in [0.3, 0.4) is 0 Å². The van der Waals surface area contributed by atoms with Crippen molar-refractivity contribution in [3.63, 3.8) is 0 Å². The van der Waals surface area contributed by atoms with Crippen molar-refractivity contribution in [2.75, 3.05) is 20.8 Å². The number of hydrogen-bond donors (Lipinski definition) is 1. The van der Waals surface area contributed by atoms with E-state index in [4.69, 9.17) is 9.47 Å². The molecular formula is C14H15NO4. The lowest BCUT2D eigenvalue weighted by Gasteiger charge is -2.15. The fraction of sp³-hybridized carbons (Fsp3) is 0.286. The van der Waals surface area contributed by atoms with E-state index in [-0.39, 0.29) is 11.7 Å². The summed E-state index contributed by atoms with van der Waals surface area (Å²) in [4.78, 5) is 15.8. The first kappa shape index (κ1) is 13.5. The van der Waals surface area contributed by atoms with Crippen LogP contribution < -0.4 is 0 Å². The number of nitrogens with zero attached hydrogens (tertiary/aromatic N) is 1. The molecule has 5 nitrogen and oxygen atoms in total. The number of benzene rings is 1. The molecule has 0 radical (unpaired) electrons. The molecule has 0 aliphatic carbocycles. The normalized spacial score (nSPS) is 12.5. The zero-order valence-electron chi connectivity index (χ0n) is 10.8. The minimum Gasteiger partial charge on any atom is -0.478 e. The zero-order chi connectivity index (χ0) is 13.8. The van der Waals surface area contributed by atoms with E-state index in [9.17, 15) is 9.90 Å². The lowest BCUT2D eigenvalue weighted by molar-refractivity contribution is 0.0250. The van der Waals surface area contributed by atoms with Gasteiger partial charge in [-0.3, -0.25) is 0 Å². The number of pyridine rings is 1. The van der Waals surface area contributed by atoms with E-state index in [1.54, 1.807) is 32.4 Å². The molecule has 1 atom stereocenters. The summed E-state index contributed by atoms with van der Waals surface area (Å²) >= 11 is 0. The Balaban J connectivity index is 2.60. The predicted octanol–water partition coefficient (Wildman–Crippen LogP) is 2.27. The van der Waals surface area contributed by atoms with Gasteiger partial charge in [0.1, 0.15) is 6.10 Å². The highest BCUT2D eigenvalue weighted by molar-refractivity contribution is 6.02. The van der Waals surface area contributed by atoms with Gasteiger partial charge in [0.15, 0.2) is 0 Å². The third-order valence-electron chi connectivity index (χ3n) is 2.90. The van der Waals surface area contributed by atoms with E-state index in [1.807, 2.05) is 6.07 Å². The molecule has 1 aromatic carbocycles. The minimum absolute atomic E-state index is 0.221. The van der Waals surface area contributed by atoms with Gasteiger partial charge in [0.05, 0.1) is 23.4 Å². The van der Waals surface area contributed by atoms with Crippen molar-refractivity contribution in [3.8, 4) is 0 Å². The lowest BCUT2D eigenvalue weighted by Crippen LogP contribution is -2.12. The number of para-hydroxylation sites is 1. The van der Waals surface area contributed by atoms with E-state index >= 15 is 0 Å². The van der Waals surface area contributed by atoms with E-state index < -0.39 is 5.97 Å². The maximum absolute atomic E-state index is 11.3. The maximum Gasteiger partial charge on any atom is 0.336 e. The van der Waals surface area contributed by atoms with Crippen molar-refractivity contribution < 1.29 is 19.4 Å². The van der Waals surface area contributed by atoms with Gasteiger partial charge in [-0.1, -0.05) is 18.2 Å². The number of aromatic nitrogens is 1. The number of ether oxygens (including phenoxy) is 2. The first-order valence-corrected chi connectivity index (χ1v) is 5.82. The van der Waals surface area contributed by atoms with Crippen LogP contribution in [0.4, 0.5) is 0 Å². The molecule has 1 heterocycles. The van der Waals surface area contributed by atoms with E-state index in [0.717, 1.165) is 0 Å². The van der Waals surface area contributed by atoms with Crippen molar-refractivity contribution in [2.45, 2.75) is 6.10 Å². The zero-order valence-corrected chi connectivity index (χ0v) is 10.8. The Morgan fingerprint density at radius 1 is 1.37 bits per heavy atom. The molecule has 0 spiro atoms. The molecule has 1 N–H and O–H groups in total. The lowest BCUT2D eigenvalue weighted by atomic mass is 10.1. The van der Waals surface area contributed by atoms with Crippen molar-refractivity contribution in [1.82, 2.24) is 4.98 Å². The average molecular weight is 261 g/mol. The molecule has 2 rings (SSSR count). The van der Waals surface area contributed by atoms with Gasteiger partial charge in [0.25, 0.3) is 0 Å². The Morgan fingerprint density at radius 3 is 2.74 bits per heavy atom. The highest BCUT2D eigenvalue weighted by Crippen LogP contribution is 2.23. The van der Waals surface area contributed by atoms with E-state index in [1.165, 1.54) is 6.07 Å². The van der Waals surface area contributed by atoms with E-state index in [2.05, 4.69) is 4.98 Å². The second kappa shape index (κ2) is 5.77. The summed E-state index contributed by atoms with van der Waals surface area (Å²) in [6.07, 6.45) is -0.382. The third-order valence-corrected chi connectivity index (χ3v) is 2.90. The monoisotopic (exact) mass is 261 g/mol. The Hall–Kier alpha value is -1.98. The van der Waals surface area contributed by atoms with Crippen LogP contribution in [0.25, 0.3) is 10.9 Å². The number of carboxylic acid groups (broad SMARTS) is 1. The first-order chi connectivity index (χ1) is 9.17. The second-order valence-electron chi connectivity index (χ2n) is 4.10. The van der Waals surface area contributed by atoms with Gasteiger partial charge in [-0.15, -0.1) is 0 Å². The molecule has 0 aliphatic rings. The fourth-order valence-electron chi connectivity index (χ4n) is 1.96. The van der Waals surface area contributed by atoms with Crippen LogP contribution in [0.15, 0.2) is 30.3 Å². The molecule has 19 heavy (non-hydrogen) atoms. The summed E-state index contributed by atoms with van der Waals surface area (Å²) in [6.45, 7) is 0.320. The van der Waals surface area contributed by atoms with Gasteiger partial charge in [-0.05, 0) is 12.1 Å². The number of carbonyl (C=O) groups is 1. The first-order valence-electron chi connectivity index (χ1n) is 5.82. The standard InChI is InChI=1S/C14H15NO4/c1-18-8-13(19-2)12-7-10(14(16)17)9-5-3-4-6-11(9)15-12/h3-7,13H,8H2,1-2H3,(H,16,17). The third kappa shape index (κ3) is 2.72. The molecule has 0 amide bonds. The summed E-state index contributed by atoms with van der Waals surface area (Å²) in [5, 5.41) is 9.91. The topological polar surface area (TPSA) is 68.7 Å². The molecule has 0 saturated carbocycles. The number of rotatable bonds is 5. The van der Waals surface area contributed by atoms with Gasteiger partial charge in [-0.2, -0.15) is 0 Å². The molecule has 5 heteroatoms. The molecule has 1 aromatic heterocycles. The van der Waals surface area contributed by atoms with Crippen LogP contribution in [0.5, 0.6) is 0 Å². The van der Waals surface area contributed by atoms with Crippen LogP contribution in [-0.4, -0.2) is 36.9 Å². The van der Waals surface area contributed by atoms with Crippen molar-refractivity contribution in [1.29, 1.82) is 0 Å². The molecule has 0 aliphatic heterocycles. The Kier molecular flexibility index (Phi) is 4.09. The van der Waals surface area contributed by atoms with Gasteiger partial charge in [0, 0.05) is 19.6 Å². The van der Waals surface area contributed by atoms with Gasteiger partial charge in [-0.25, -0.2) is 9.78 Å². The largest absolute Gasteiger partial charge is 0.478 e. The fourth-order valence-corrected chi connectivity index (χ4v) is 1.96. The summed E-state index contributed by atoms with van der Waals surface area (Å²) in [6, 6.07) is 8.68. The number of methoxy groups -OCH3 is 2. The highest BCUT2D eigenvalue weighted by atomic mass is 16.5. The van der Waals surface area contributed by atoms with Crippen LogP contribution in [0, 0.1) is 0 Å². The SMILES string of the molecule is COCC(OC)c1cc(C(=O)O)c2ccccc2n1. The minimum atomic E-state index is -0.980. The molecule has 0 saturated heterocycles. The second-order valence-corrected chi connectivity index (χ2v) is 4.10. The number of fused-ring (bicyclic) bond motifs is 1. The highest BCUT2D eigenvalue weighted by Gasteiger charge is 2.17. The Bertz CT molecular complexity index is 597. The molecule has 2 aromatic rings. The Labute approximate surface area is 110 Å². The van der Waals surface area contributed by atoms with Gasteiger partial charge >= 0.3 is 5.97 Å². The van der Waals surface area contributed by atoms with Crippen LogP contribution in [0.2, 0.25) is 0 Å². The van der Waals surface area contributed by atoms with Crippen molar-refractivity contribution >= 4 is 16.9 Å². The van der Waals surface area contributed by atoms with Crippen LogP contribution >= 0.6 is 0 Å². The molecule has 100 valence electrons. The Morgan fingerprint density at radius 2 is 2.11 bits per heavy atom. The number of hydrogen-bond acceptors (Lipinski definition) is 4.